The Morgan fingerprint density at radius 1 is 0.853 bits per heavy atom. The predicted molar refractivity (Wildman–Crippen MR) is 121 cm³/mol. The van der Waals surface area contributed by atoms with E-state index in [4.69, 9.17) is 4.98 Å². The van der Waals surface area contributed by atoms with E-state index in [0.29, 0.717) is 28.2 Å². The average molecular weight is 452 g/mol. The number of hydrogen-bond donors (Lipinski definition) is 0. The fraction of sp³-hybridized carbons (Fsp3) is 0.0800. The van der Waals surface area contributed by atoms with Gasteiger partial charge in [-0.1, -0.05) is 12.1 Å². The molecule has 34 heavy (non-hydrogen) atoms. The molecule has 9 heteroatoms. The van der Waals surface area contributed by atoms with E-state index in [0.717, 1.165) is 16.7 Å². The third-order valence-electron chi connectivity index (χ3n) is 5.85. The zero-order chi connectivity index (χ0) is 23.4. The van der Waals surface area contributed by atoms with Crippen molar-refractivity contribution in [1.29, 1.82) is 0 Å². The summed E-state index contributed by atoms with van der Waals surface area (Å²) < 4.78 is 16.8. The van der Waals surface area contributed by atoms with E-state index in [1.165, 1.54) is 17.0 Å². The van der Waals surface area contributed by atoms with Crippen LogP contribution >= 0.6 is 0 Å². The third-order valence-corrected chi connectivity index (χ3v) is 5.85. The van der Waals surface area contributed by atoms with Crippen molar-refractivity contribution >= 4 is 17.5 Å². The first-order valence-corrected chi connectivity index (χ1v) is 10.6. The molecule has 1 aliphatic heterocycles. The molecule has 0 unspecified atom stereocenters. The van der Waals surface area contributed by atoms with Crippen molar-refractivity contribution in [3.8, 4) is 22.4 Å². The van der Waals surface area contributed by atoms with Gasteiger partial charge in [0.05, 0.1) is 29.6 Å². The molecule has 0 N–H and O–H groups in total. The Hall–Kier alpha value is -4.66. The standard InChI is InChI=1S/C25H17FN6O2/c1-30-14-21(22(29-30)15-6-8-16(26)9-7-15)18-10-11-27-32-13-17(28-23(18)32)12-31-24(33)19-4-2-3-5-20(19)25(31)34/h2-11,13-14H,12H2,1H3. The Labute approximate surface area is 192 Å². The van der Waals surface area contributed by atoms with Crippen LogP contribution in [0.3, 0.4) is 0 Å². The molecule has 0 bridgehead atoms. The van der Waals surface area contributed by atoms with Crippen LogP contribution in [-0.2, 0) is 13.6 Å². The SMILES string of the molecule is Cn1cc(-c2ccnn3cc(CN4C(=O)c5ccccc5C4=O)nc23)c(-c2ccc(F)cc2)n1. The summed E-state index contributed by atoms with van der Waals surface area (Å²) in [5.41, 5.74) is 4.91. The van der Waals surface area contributed by atoms with Crippen molar-refractivity contribution in [2.24, 2.45) is 7.05 Å². The zero-order valence-electron chi connectivity index (χ0n) is 18.0. The van der Waals surface area contributed by atoms with Crippen LogP contribution in [0.5, 0.6) is 0 Å². The number of aryl methyl sites for hydroxylation is 1. The number of fused-ring (bicyclic) bond motifs is 2. The molecule has 5 aromatic rings. The van der Waals surface area contributed by atoms with E-state index in [1.807, 2.05) is 19.3 Å². The third kappa shape index (κ3) is 3.09. The molecule has 2 amide bonds. The summed E-state index contributed by atoms with van der Waals surface area (Å²) >= 11 is 0. The van der Waals surface area contributed by atoms with Gasteiger partial charge >= 0.3 is 0 Å². The van der Waals surface area contributed by atoms with Gasteiger partial charge in [0.2, 0.25) is 0 Å². The average Bonchev–Trinajstić information content (AvgIpc) is 3.50. The van der Waals surface area contributed by atoms with Gasteiger partial charge in [0.15, 0.2) is 5.65 Å². The Balaban J connectivity index is 1.40. The second-order valence-electron chi connectivity index (χ2n) is 8.06. The molecule has 0 radical (unpaired) electrons. The van der Waals surface area contributed by atoms with Crippen LogP contribution < -0.4 is 0 Å². The molecular formula is C25H17FN6O2. The zero-order valence-corrected chi connectivity index (χ0v) is 18.0. The first kappa shape index (κ1) is 20.0. The lowest BCUT2D eigenvalue weighted by molar-refractivity contribution is 0.0640. The molecule has 8 nitrogen and oxygen atoms in total. The number of benzene rings is 2. The molecule has 4 heterocycles. The maximum atomic E-state index is 13.5. The quantitative estimate of drug-likeness (QED) is 0.388. The molecule has 0 atom stereocenters. The number of imidazole rings is 1. The molecule has 0 fully saturated rings. The van der Waals surface area contributed by atoms with Gasteiger partial charge in [0.1, 0.15) is 11.5 Å². The maximum Gasteiger partial charge on any atom is 0.261 e. The predicted octanol–water partition coefficient (Wildman–Crippen LogP) is 3.73. The van der Waals surface area contributed by atoms with E-state index < -0.39 is 0 Å². The maximum absolute atomic E-state index is 13.5. The summed E-state index contributed by atoms with van der Waals surface area (Å²) in [5.74, 6) is -0.994. The Kier molecular flexibility index (Phi) is 4.38. The van der Waals surface area contributed by atoms with Gasteiger partial charge in [-0.25, -0.2) is 13.9 Å². The van der Waals surface area contributed by atoms with Gasteiger partial charge in [0.25, 0.3) is 11.8 Å². The lowest BCUT2D eigenvalue weighted by Crippen LogP contribution is -2.29. The van der Waals surface area contributed by atoms with Crippen LogP contribution in [0.1, 0.15) is 26.4 Å². The topological polar surface area (TPSA) is 85.4 Å². The molecule has 166 valence electrons. The van der Waals surface area contributed by atoms with Gasteiger partial charge in [-0.2, -0.15) is 10.2 Å². The first-order valence-electron chi connectivity index (χ1n) is 10.6. The highest BCUT2D eigenvalue weighted by atomic mass is 19.1. The van der Waals surface area contributed by atoms with Crippen LogP contribution in [0.2, 0.25) is 0 Å². The van der Waals surface area contributed by atoms with Gasteiger partial charge < -0.3 is 0 Å². The van der Waals surface area contributed by atoms with Crippen LogP contribution in [0.15, 0.2) is 73.2 Å². The molecule has 2 aromatic carbocycles. The Morgan fingerprint density at radius 3 is 2.26 bits per heavy atom. The first-order chi connectivity index (χ1) is 16.5. The summed E-state index contributed by atoms with van der Waals surface area (Å²) in [7, 11) is 1.81. The summed E-state index contributed by atoms with van der Waals surface area (Å²) in [6.07, 6.45) is 5.22. The second kappa shape index (κ2) is 7.45. The normalized spacial score (nSPS) is 13.2. The minimum Gasteiger partial charge on any atom is -0.275 e. The lowest BCUT2D eigenvalue weighted by Gasteiger charge is -2.11. The van der Waals surface area contributed by atoms with Crippen LogP contribution in [0, 0.1) is 5.82 Å². The summed E-state index contributed by atoms with van der Waals surface area (Å²) in [6.45, 7) is 0.0347. The highest BCUT2D eigenvalue weighted by molar-refractivity contribution is 6.21. The van der Waals surface area contributed by atoms with Crippen LogP contribution in [0.4, 0.5) is 4.39 Å². The largest absolute Gasteiger partial charge is 0.275 e. The van der Waals surface area contributed by atoms with E-state index in [2.05, 4.69) is 10.2 Å². The number of imide groups is 1. The van der Waals surface area contributed by atoms with Crippen molar-refractivity contribution in [2.75, 3.05) is 0 Å². The van der Waals surface area contributed by atoms with E-state index in [9.17, 15) is 14.0 Å². The number of rotatable bonds is 4. The van der Waals surface area contributed by atoms with Crippen molar-refractivity contribution in [3.05, 3.63) is 95.8 Å². The summed E-state index contributed by atoms with van der Waals surface area (Å²) in [4.78, 5) is 31.4. The van der Waals surface area contributed by atoms with Crippen LogP contribution in [-0.4, -0.2) is 41.1 Å². The number of amides is 2. The summed E-state index contributed by atoms with van der Waals surface area (Å²) in [5, 5.41) is 8.92. The number of carbonyl (C=O) groups is 2. The fourth-order valence-electron chi connectivity index (χ4n) is 4.28. The molecule has 0 aliphatic carbocycles. The molecule has 3 aromatic heterocycles. The van der Waals surface area contributed by atoms with Gasteiger partial charge in [-0.15, -0.1) is 0 Å². The van der Waals surface area contributed by atoms with E-state index >= 15 is 0 Å². The van der Waals surface area contributed by atoms with Gasteiger partial charge in [0, 0.05) is 36.1 Å². The monoisotopic (exact) mass is 452 g/mol. The minimum atomic E-state index is -0.336. The highest BCUT2D eigenvalue weighted by Gasteiger charge is 2.35. The van der Waals surface area contributed by atoms with Crippen molar-refractivity contribution in [3.63, 3.8) is 0 Å². The van der Waals surface area contributed by atoms with Crippen molar-refractivity contribution < 1.29 is 14.0 Å². The number of hydrogen-bond acceptors (Lipinski definition) is 5. The summed E-state index contributed by atoms with van der Waals surface area (Å²) in [6, 6.07) is 14.8. The fourth-order valence-corrected chi connectivity index (χ4v) is 4.28. The van der Waals surface area contributed by atoms with E-state index in [-0.39, 0.29) is 24.2 Å². The number of nitrogens with zero attached hydrogens (tertiary/aromatic N) is 6. The smallest absolute Gasteiger partial charge is 0.261 e. The van der Waals surface area contributed by atoms with Gasteiger partial charge in [-0.3, -0.25) is 19.2 Å². The van der Waals surface area contributed by atoms with Crippen molar-refractivity contribution in [1.82, 2.24) is 29.3 Å². The molecule has 6 rings (SSSR count). The Morgan fingerprint density at radius 2 is 1.56 bits per heavy atom. The molecule has 0 spiro atoms. The molecular weight excluding hydrogens is 435 g/mol. The van der Waals surface area contributed by atoms with E-state index in [1.54, 1.807) is 58.0 Å². The number of aromatic nitrogens is 5. The van der Waals surface area contributed by atoms with Crippen molar-refractivity contribution in [2.45, 2.75) is 6.54 Å². The van der Waals surface area contributed by atoms with Crippen LogP contribution in [0.25, 0.3) is 28.0 Å². The molecule has 0 saturated carbocycles. The second-order valence-corrected chi connectivity index (χ2v) is 8.06. The molecule has 1 aliphatic rings. The Bertz CT molecular complexity index is 1570. The number of carbonyl (C=O) groups excluding carboxylic acids is 2. The molecule has 0 saturated heterocycles. The van der Waals surface area contributed by atoms with Gasteiger partial charge in [-0.05, 0) is 42.5 Å². The number of halogens is 1. The minimum absolute atomic E-state index is 0.0347. The lowest BCUT2D eigenvalue weighted by atomic mass is 10.0. The highest BCUT2D eigenvalue weighted by Crippen LogP contribution is 2.33.